The van der Waals surface area contributed by atoms with E-state index in [-0.39, 0.29) is 4.90 Å². The molecule has 2 aromatic heterocycles. The average molecular weight is 476 g/mol. The van der Waals surface area contributed by atoms with Gasteiger partial charge in [0.2, 0.25) is 10.0 Å². The van der Waals surface area contributed by atoms with Gasteiger partial charge in [-0.1, -0.05) is 42.8 Å². The van der Waals surface area contributed by atoms with Crippen LogP contribution in [0.5, 0.6) is 0 Å². The molecule has 9 heteroatoms. The first kappa shape index (κ1) is 22.2. The van der Waals surface area contributed by atoms with Crippen molar-refractivity contribution in [1.82, 2.24) is 18.9 Å². The van der Waals surface area contributed by atoms with E-state index in [1.165, 1.54) is 16.6 Å². The third kappa shape index (κ3) is 4.08. The second-order valence-electron chi connectivity index (χ2n) is 8.39. The molecular formula is C25H25N5O3S. The number of piperidine rings is 1. The predicted octanol–water partition coefficient (Wildman–Crippen LogP) is 4.13. The molecule has 0 aliphatic carbocycles. The zero-order chi connectivity index (χ0) is 23.7. The highest BCUT2D eigenvalue weighted by molar-refractivity contribution is 7.89. The van der Waals surface area contributed by atoms with Crippen LogP contribution in [0.2, 0.25) is 0 Å². The van der Waals surface area contributed by atoms with E-state index >= 15 is 0 Å². The summed E-state index contributed by atoms with van der Waals surface area (Å²) in [5, 5.41) is 7.20. The van der Waals surface area contributed by atoms with Crippen molar-refractivity contribution in [3.8, 4) is 11.3 Å². The summed E-state index contributed by atoms with van der Waals surface area (Å²) in [6.07, 6.45) is 5.89. The second kappa shape index (κ2) is 9.00. The van der Waals surface area contributed by atoms with Crippen molar-refractivity contribution >= 4 is 27.3 Å². The first-order valence-corrected chi connectivity index (χ1v) is 12.7. The van der Waals surface area contributed by atoms with Gasteiger partial charge in [-0.25, -0.2) is 17.9 Å². The zero-order valence-corrected chi connectivity index (χ0v) is 19.6. The van der Waals surface area contributed by atoms with Gasteiger partial charge in [-0.2, -0.15) is 9.40 Å². The highest BCUT2D eigenvalue weighted by Crippen LogP contribution is 2.27. The molecule has 34 heavy (non-hydrogen) atoms. The molecule has 0 unspecified atom stereocenters. The fraction of sp³-hybridized carbons (Fsp3) is 0.240. The van der Waals surface area contributed by atoms with Crippen LogP contribution in [0.25, 0.3) is 16.9 Å². The molecule has 1 aliphatic rings. The fourth-order valence-electron chi connectivity index (χ4n) is 4.28. The summed E-state index contributed by atoms with van der Waals surface area (Å²) in [7, 11) is -3.62. The number of carbonyl (C=O) groups is 1. The van der Waals surface area contributed by atoms with E-state index in [0.29, 0.717) is 35.6 Å². The number of nitrogens with one attached hydrogen (secondary N) is 1. The van der Waals surface area contributed by atoms with Gasteiger partial charge in [0.05, 0.1) is 16.8 Å². The van der Waals surface area contributed by atoms with E-state index in [9.17, 15) is 13.2 Å². The Balaban J connectivity index is 1.45. The van der Waals surface area contributed by atoms with Gasteiger partial charge in [0.15, 0.2) is 5.65 Å². The van der Waals surface area contributed by atoms with Gasteiger partial charge in [0.1, 0.15) is 5.56 Å². The zero-order valence-electron chi connectivity index (χ0n) is 18.8. The monoisotopic (exact) mass is 475 g/mol. The van der Waals surface area contributed by atoms with Crippen molar-refractivity contribution in [1.29, 1.82) is 0 Å². The number of rotatable bonds is 5. The molecule has 1 aliphatic heterocycles. The molecule has 1 fully saturated rings. The average Bonchev–Trinajstić information content (AvgIpc) is 3.31. The summed E-state index contributed by atoms with van der Waals surface area (Å²) in [4.78, 5) is 17.7. The number of benzene rings is 2. The lowest BCUT2D eigenvalue weighted by Gasteiger charge is -2.26. The number of hydrogen-bond acceptors (Lipinski definition) is 5. The number of aryl methyl sites for hydroxylation is 1. The van der Waals surface area contributed by atoms with Gasteiger partial charge >= 0.3 is 0 Å². The minimum Gasteiger partial charge on any atom is -0.322 e. The lowest BCUT2D eigenvalue weighted by molar-refractivity contribution is 0.102. The second-order valence-corrected chi connectivity index (χ2v) is 10.3. The molecular weight excluding hydrogens is 450 g/mol. The summed E-state index contributed by atoms with van der Waals surface area (Å²) in [6, 6.07) is 16.5. The van der Waals surface area contributed by atoms with Crippen LogP contribution in [0.1, 0.15) is 35.2 Å². The molecule has 4 aromatic rings. The van der Waals surface area contributed by atoms with Gasteiger partial charge in [-0.15, -0.1) is 0 Å². The number of carbonyl (C=O) groups excluding carboxylic acids is 1. The molecule has 1 saturated heterocycles. The Bertz CT molecular complexity index is 1460. The highest BCUT2D eigenvalue weighted by atomic mass is 32.2. The van der Waals surface area contributed by atoms with Gasteiger partial charge in [0.25, 0.3) is 5.91 Å². The van der Waals surface area contributed by atoms with Crippen molar-refractivity contribution in [3.63, 3.8) is 0 Å². The lowest BCUT2D eigenvalue weighted by Crippen LogP contribution is -2.36. The number of hydrogen-bond donors (Lipinski definition) is 1. The van der Waals surface area contributed by atoms with E-state index in [0.717, 1.165) is 30.5 Å². The molecule has 3 heterocycles. The Morgan fingerprint density at radius 1 is 1.00 bits per heavy atom. The third-order valence-corrected chi connectivity index (χ3v) is 8.13. The summed E-state index contributed by atoms with van der Waals surface area (Å²) in [5.74, 6) is -0.405. The number of sulfonamides is 1. The van der Waals surface area contributed by atoms with E-state index in [4.69, 9.17) is 0 Å². The van der Waals surface area contributed by atoms with Crippen LogP contribution in [0.15, 0.2) is 71.9 Å². The minimum atomic E-state index is -3.62. The maximum Gasteiger partial charge on any atom is 0.261 e. The molecule has 1 amide bonds. The molecule has 174 valence electrons. The molecule has 0 atom stereocenters. The molecule has 8 nitrogen and oxygen atoms in total. The Morgan fingerprint density at radius 3 is 2.53 bits per heavy atom. The predicted molar refractivity (Wildman–Crippen MR) is 130 cm³/mol. The number of fused-ring (bicyclic) bond motifs is 1. The molecule has 1 N–H and O–H groups in total. The van der Waals surface area contributed by atoms with Crippen molar-refractivity contribution in [3.05, 3.63) is 78.1 Å². The molecule has 5 rings (SSSR count). The van der Waals surface area contributed by atoms with Crippen LogP contribution in [-0.4, -0.2) is 46.3 Å². The molecule has 0 radical (unpaired) electrons. The van der Waals surface area contributed by atoms with Crippen LogP contribution < -0.4 is 5.32 Å². The van der Waals surface area contributed by atoms with Crippen LogP contribution in [-0.2, 0) is 10.0 Å². The van der Waals surface area contributed by atoms with Crippen LogP contribution in [0.4, 0.5) is 5.69 Å². The van der Waals surface area contributed by atoms with Crippen molar-refractivity contribution in [2.24, 2.45) is 0 Å². The summed E-state index contributed by atoms with van der Waals surface area (Å²) >= 11 is 0. The number of nitrogens with zero attached hydrogens (tertiary/aromatic N) is 4. The van der Waals surface area contributed by atoms with Crippen molar-refractivity contribution in [2.45, 2.75) is 31.1 Å². The van der Waals surface area contributed by atoms with Gasteiger partial charge in [-0.3, -0.25) is 4.79 Å². The van der Waals surface area contributed by atoms with Crippen molar-refractivity contribution < 1.29 is 13.2 Å². The normalized spacial score (nSPS) is 14.9. The number of amides is 1. The smallest absolute Gasteiger partial charge is 0.261 e. The maximum atomic E-state index is 13.2. The standard InChI is InChI=1S/C25H25N5O3S/c1-18-10-11-20(16-23(18)34(32,33)29-14-6-3-7-15-29)28-25(31)21-17-27-30-22(12-13-26-24(21)30)19-8-4-2-5-9-19/h2,4-5,8-13,16-17H,3,6-7,14-15H2,1H3,(H,28,31). The molecule has 2 aromatic carbocycles. The largest absolute Gasteiger partial charge is 0.322 e. The Morgan fingerprint density at radius 2 is 1.76 bits per heavy atom. The number of anilines is 1. The molecule has 0 bridgehead atoms. The first-order chi connectivity index (χ1) is 16.4. The van der Waals surface area contributed by atoms with E-state index in [1.807, 2.05) is 36.4 Å². The topological polar surface area (TPSA) is 96.7 Å². The van der Waals surface area contributed by atoms with Crippen molar-refractivity contribution in [2.75, 3.05) is 18.4 Å². The molecule has 0 spiro atoms. The summed E-state index contributed by atoms with van der Waals surface area (Å²) < 4.78 is 29.6. The summed E-state index contributed by atoms with van der Waals surface area (Å²) in [6.45, 7) is 2.81. The maximum absolute atomic E-state index is 13.2. The SMILES string of the molecule is Cc1ccc(NC(=O)c2cnn3c(-c4ccccc4)ccnc23)cc1S(=O)(=O)N1CCCCC1. The van der Waals surface area contributed by atoms with E-state index in [1.54, 1.807) is 29.8 Å². The Labute approximate surface area is 198 Å². The van der Waals surface area contributed by atoms with Gasteiger partial charge in [-0.05, 0) is 43.5 Å². The minimum absolute atomic E-state index is 0.219. The highest BCUT2D eigenvalue weighted by Gasteiger charge is 2.28. The summed E-state index contributed by atoms with van der Waals surface area (Å²) in [5.41, 5.74) is 3.55. The Kier molecular flexibility index (Phi) is 5.89. The van der Waals surface area contributed by atoms with Crippen LogP contribution in [0, 0.1) is 6.92 Å². The van der Waals surface area contributed by atoms with Gasteiger partial charge in [0, 0.05) is 30.5 Å². The third-order valence-electron chi connectivity index (χ3n) is 6.09. The van der Waals surface area contributed by atoms with Crippen LogP contribution >= 0.6 is 0 Å². The lowest BCUT2D eigenvalue weighted by atomic mass is 10.1. The fourth-order valence-corrected chi connectivity index (χ4v) is 6.05. The number of aromatic nitrogens is 3. The van der Waals surface area contributed by atoms with E-state index in [2.05, 4.69) is 15.4 Å². The quantitative estimate of drug-likeness (QED) is 0.468. The Hall–Kier alpha value is -3.56. The van der Waals surface area contributed by atoms with Gasteiger partial charge < -0.3 is 5.32 Å². The van der Waals surface area contributed by atoms with E-state index < -0.39 is 15.9 Å². The molecule has 0 saturated carbocycles. The van der Waals surface area contributed by atoms with Crippen LogP contribution in [0.3, 0.4) is 0 Å². The first-order valence-electron chi connectivity index (χ1n) is 11.3.